The third-order valence-electron chi connectivity index (χ3n) is 3.42. The quantitative estimate of drug-likeness (QED) is 0.665. The van der Waals surface area contributed by atoms with Crippen LogP contribution in [0.2, 0.25) is 5.02 Å². The normalized spacial score (nSPS) is 10.9. The van der Waals surface area contributed by atoms with E-state index in [1.54, 1.807) is 0 Å². The lowest BCUT2D eigenvalue weighted by Crippen LogP contribution is -2.04. The summed E-state index contributed by atoms with van der Waals surface area (Å²) in [5.41, 5.74) is 2.40. The van der Waals surface area contributed by atoms with Crippen LogP contribution in [-0.4, -0.2) is 4.57 Å². The van der Waals surface area contributed by atoms with Crippen molar-refractivity contribution >= 4 is 22.5 Å². The van der Waals surface area contributed by atoms with E-state index in [4.69, 9.17) is 16.3 Å². The second-order valence-corrected chi connectivity index (χ2v) is 5.07. The average Bonchev–Trinajstić information content (AvgIpc) is 2.84. The molecule has 0 aliphatic rings. The molecule has 0 fully saturated rings. The molecule has 102 valence electrons. The van der Waals surface area contributed by atoms with Crippen molar-refractivity contribution in [3.8, 4) is 5.75 Å². The number of halogens is 1. The van der Waals surface area contributed by atoms with Gasteiger partial charge in [-0.2, -0.15) is 0 Å². The Morgan fingerprint density at radius 3 is 2.60 bits per heavy atom. The SMILES string of the molecule is CCn1c(COc2ccccc2Cl)cc2ccccc21. The fourth-order valence-electron chi connectivity index (χ4n) is 2.47. The molecule has 3 aromatic rings. The smallest absolute Gasteiger partial charge is 0.138 e. The van der Waals surface area contributed by atoms with Crippen LogP contribution in [0.15, 0.2) is 54.6 Å². The van der Waals surface area contributed by atoms with Crippen molar-refractivity contribution in [3.63, 3.8) is 0 Å². The van der Waals surface area contributed by atoms with Crippen LogP contribution in [0.5, 0.6) is 5.75 Å². The molecule has 0 saturated carbocycles. The van der Waals surface area contributed by atoms with Crippen LogP contribution in [0.3, 0.4) is 0 Å². The first-order valence-corrected chi connectivity index (χ1v) is 7.12. The van der Waals surface area contributed by atoms with Crippen molar-refractivity contribution in [2.45, 2.75) is 20.1 Å². The minimum Gasteiger partial charge on any atom is -0.486 e. The van der Waals surface area contributed by atoms with Crippen molar-refractivity contribution in [3.05, 3.63) is 65.3 Å². The van der Waals surface area contributed by atoms with Gasteiger partial charge in [-0.3, -0.25) is 0 Å². The fourth-order valence-corrected chi connectivity index (χ4v) is 2.66. The molecule has 0 amide bonds. The summed E-state index contributed by atoms with van der Waals surface area (Å²) in [6.07, 6.45) is 0. The maximum Gasteiger partial charge on any atom is 0.138 e. The van der Waals surface area contributed by atoms with Crippen LogP contribution >= 0.6 is 11.6 Å². The first kappa shape index (κ1) is 13.1. The fraction of sp³-hybridized carbons (Fsp3) is 0.176. The van der Waals surface area contributed by atoms with E-state index in [-0.39, 0.29) is 0 Å². The molecule has 3 rings (SSSR count). The summed E-state index contributed by atoms with van der Waals surface area (Å²) < 4.78 is 8.11. The Kier molecular flexibility index (Phi) is 3.66. The first-order chi connectivity index (χ1) is 9.79. The molecular formula is C17H16ClNO. The van der Waals surface area contributed by atoms with Gasteiger partial charge < -0.3 is 9.30 Å². The molecule has 0 saturated heterocycles. The first-order valence-electron chi connectivity index (χ1n) is 6.74. The van der Waals surface area contributed by atoms with E-state index in [9.17, 15) is 0 Å². The maximum absolute atomic E-state index is 6.11. The number of ether oxygens (including phenoxy) is 1. The van der Waals surface area contributed by atoms with Gasteiger partial charge in [0.25, 0.3) is 0 Å². The molecule has 0 spiro atoms. The molecule has 20 heavy (non-hydrogen) atoms. The topological polar surface area (TPSA) is 14.2 Å². The van der Waals surface area contributed by atoms with E-state index in [0.29, 0.717) is 11.6 Å². The molecule has 0 radical (unpaired) electrons. The molecule has 0 N–H and O–H groups in total. The van der Waals surface area contributed by atoms with Crippen molar-refractivity contribution in [2.75, 3.05) is 0 Å². The Hall–Kier alpha value is -1.93. The number of fused-ring (bicyclic) bond motifs is 1. The second-order valence-electron chi connectivity index (χ2n) is 4.66. The summed E-state index contributed by atoms with van der Waals surface area (Å²) in [6, 6.07) is 18.1. The molecule has 2 nitrogen and oxygen atoms in total. The zero-order chi connectivity index (χ0) is 13.9. The molecule has 0 unspecified atom stereocenters. The number of hydrogen-bond donors (Lipinski definition) is 0. The van der Waals surface area contributed by atoms with Crippen LogP contribution < -0.4 is 4.74 Å². The Morgan fingerprint density at radius 1 is 1.05 bits per heavy atom. The summed E-state index contributed by atoms with van der Waals surface area (Å²) in [5, 5.41) is 1.89. The second kappa shape index (κ2) is 5.59. The van der Waals surface area contributed by atoms with Gasteiger partial charge in [0.05, 0.1) is 10.7 Å². The van der Waals surface area contributed by atoms with Gasteiger partial charge in [-0.15, -0.1) is 0 Å². The van der Waals surface area contributed by atoms with Crippen LogP contribution in [0, 0.1) is 0 Å². The summed E-state index contributed by atoms with van der Waals surface area (Å²) in [7, 11) is 0. The van der Waals surface area contributed by atoms with Gasteiger partial charge in [-0.1, -0.05) is 41.9 Å². The van der Waals surface area contributed by atoms with Gasteiger partial charge in [0, 0.05) is 12.1 Å². The predicted molar refractivity (Wildman–Crippen MR) is 83.4 cm³/mol. The van der Waals surface area contributed by atoms with Crippen molar-refractivity contribution in [1.29, 1.82) is 0 Å². The summed E-state index contributed by atoms with van der Waals surface area (Å²) in [5.74, 6) is 0.724. The lowest BCUT2D eigenvalue weighted by Gasteiger charge is -2.10. The Morgan fingerprint density at radius 2 is 1.80 bits per heavy atom. The number of nitrogens with zero attached hydrogens (tertiary/aromatic N) is 1. The predicted octanol–water partition coefficient (Wildman–Crippen LogP) is 4.89. The Bertz CT molecular complexity index is 733. The molecule has 0 aliphatic carbocycles. The molecule has 3 heteroatoms. The van der Waals surface area contributed by atoms with E-state index < -0.39 is 0 Å². The summed E-state index contributed by atoms with van der Waals surface area (Å²) in [4.78, 5) is 0. The van der Waals surface area contributed by atoms with Crippen LogP contribution in [0.4, 0.5) is 0 Å². The summed E-state index contributed by atoms with van der Waals surface area (Å²) in [6.45, 7) is 3.59. The summed E-state index contributed by atoms with van der Waals surface area (Å²) >= 11 is 6.11. The van der Waals surface area contributed by atoms with E-state index in [2.05, 4.69) is 41.8 Å². The zero-order valence-electron chi connectivity index (χ0n) is 11.3. The van der Waals surface area contributed by atoms with Gasteiger partial charge >= 0.3 is 0 Å². The number of para-hydroxylation sites is 2. The third-order valence-corrected chi connectivity index (χ3v) is 3.74. The van der Waals surface area contributed by atoms with Gasteiger partial charge in [-0.05, 0) is 36.6 Å². The standard InChI is InChI=1S/C17H16ClNO/c1-2-19-14(11-13-7-3-5-9-16(13)19)12-20-17-10-6-4-8-15(17)18/h3-11H,2,12H2,1H3. The Balaban J connectivity index is 1.89. The molecular weight excluding hydrogens is 270 g/mol. The monoisotopic (exact) mass is 285 g/mol. The molecule has 0 aliphatic heterocycles. The highest BCUT2D eigenvalue weighted by molar-refractivity contribution is 6.32. The third kappa shape index (κ3) is 2.39. The Labute approximate surface area is 123 Å². The van der Waals surface area contributed by atoms with Gasteiger partial charge in [0.2, 0.25) is 0 Å². The van der Waals surface area contributed by atoms with Crippen LogP contribution in [-0.2, 0) is 13.2 Å². The van der Waals surface area contributed by atoms with Gasteiger partial charge in [0.15, 0.2) is 0 Å². The molecule has 2 aromatic carbocycles. The van der Waals surface area contributed by atoms with Gasteiger partial charge in [0.1, 0.15) is 12.4 Å². The van der Waals surface area contributed by atoms with Crippen molar-refractivity contribution < 1.29 is 4.74 Å². The number of aryl methyl sites for hydroxylation is 1. The highest BCUT2D eigenvalue weighted by atomic mass is 35.5. The van der Waals surface area contributed by atoms with E-state index in [1.807, 2.05) is 24.3 Å². The number of hydrogen-bond acceptors (Lipinski definition) is 1. The van der Waals surface area contributed by atoms with Crippen molar-refractivity contribution in [2.24, 2.45) is 0 Å². The largest absolute Gasteiger partial charge is 0.486 e. The van der Waals surface area contributed by atoms with E-state index in [1.165, 1.54) is 10.9 Å². The molecule has 1 aromatic heterocycles. The lowest BCUT2D eigenvalue weighted by atomic mass is 10.2. The highest BCUT2D eigenvalue weighted by Crippen LogP contribution is 2.26. The number of rotatable bonds is 4. The lowest BCUT2D eigenvalue weighted by molar-refractivity contribution is 0.296. The number of aromatic nitrogens is 1. The van der Waals surface area contributed by atoms with Crippen molar-refractivity contribution in [1.82, 2.24) is 4.57 Å². The molecule has 0 bridgehead atoms. The minimum absolute atomic E-state index is 0.520. The van der Waals surface area contributed by atoms with Gasteiger partial charge in [-0.25, -0.2) is 0 Å². The maximum atomic E-state index is 6.11. The zero-order valence-corrected chi connectivity index (χ0v) is 12.1. The van der Waals surface area contributed by atoms with E-state index in [0.717, 1.165) is 18.0 Å². The van der Waals surface area contributed by atoms with E-state index >= 15 is 0 Å². The molecule has 1 heterocycles. The highest BCUT2D eigenvalue weighted by Gasteiger charge is 2.08. The molecule has 0 atom stereocenters. The average molecular weight is 286 g/mol. The van der Waals surface area contributed by atoms with Crippen LogP contribution in [0.25, 0.3) is 10.9 Å². The number of benzene rings is 2. The van der Waals surface area contributed by atoms with Crippen LogP contribution in [0.1, 0.15) is 12.6 Å². The minimum atomic E-state index is 0.520.